The fourth-order valence-electron chi connectivity index (χ4n) is 2.89. The molecule has 1 aliphatic rings. The quantitative estimate of drug-likeness (QED) is 0.860. The van der Waals surface area contributed by atoms with Crippen molar-refractivity contribution < 1.29 is 9.47 Å². The molecule has 1 fully saturated rings. The normalized spacial score (nSPS) is 20.0. The van der Waals surface area contributed by atoms with Crippen molar-refractivity contribution in [1.82, 2.24) is 15.1 Å². The fraction of sp³-hybridized carbons (Fsp3) is 0.786. The molecule has 5 nitrogen and oxygen atoms in total. The van der Waals surface area contributed by atoms with Gasteiger partial charge in [-0.3, -0.25) is 4.68 Å². The molecule has 0 aromatic carbocycles. The summed E-state index contributed by atoms with van der Waals surface area (Å²) in [5.74, 6) is 0. The second-order valence-electron chi connectivity index (χ2n) is 5.27. The van der Waals surface area contributed by atoms with Crippen molar-refractivity contribution >= 4 is 15.9 Å². The molecule has 6 heteroatoms. The number of aromatic nitrogens is 2. The van der Waals surface area contributed by atoms with Gasteiger partial charge in [-0.2, -0.15) is 5.10 Å². The number of aryl methyl sites for hydroxylation is 1. The highest BCUT2D eigenvalue weighted by molar-refractivity contribution is 9.10. The van der Waals surface area contributed by atoms with Crippen LogP contribution < -0.4 is 5.32 Å². The third-order valence-corrected chi connectivity index (χ3v) is 4.69. The van der Waals surface area contributed by atoms with E-state index in [1.807, 2.05) is 17.9 Å². The second-order valence-corrected chi connectivity index (χ2v) is 6.12. The number of nitrogens with zero attached hydrogens (tertiary/aromatic N) is 2. The van der Waals surface area contributed by atoms with Crippen molar-refractivity contribution in [2.75, 3.05) is 26.9 Å². The lowest BCUT2D eigenvalue weighted by Crippen LogP contribution is -2.50. The average molecular weight is 346 g/mol. The van der Waals surface area contributed by atoms with Crippen molar-refractivity contribution in [2.45, 2.75) is 37.8 Å². The smallest absolute Gasteiger partial charge is 0.0931 e. The number of methoxy groups -OCH3 is 1. The van der Waals surface area contributed by atoms with E-state index in [0.29, 0.717) is 0 Å². The lowest BCUT2D eigenvalue weighted by Gasteiger charge is -2.42. The van der Waals surface area contributed by atoms with E-state index in [0.717, 1.165) is 49.2 Å². The van der Waals surface area contributed by atoms with Gasteiger partial charge in [-0.05, 0) is 28.9 Å². The van der Waals surface area contributed by atoms with E-state index < -0.39 is 0 Å². The Morgan fingerprint density at radius 3 is 2.75 bits per heavy atom. The van der Waals surface area contributed by atoms with E-state index >= 15 is 0 Å². The molecule has 1 atom stereocenters. The van der Waals surface area contributed by atoms with E-state index in [2.05, 4.69) is 33.3 Å². The van der Waals surface area contributed by atoms with Crippen LogP contribution in [0.2, 0.25) is 0 Å². The molecule has 1 unspecified atom stereocenters. The highest BCUT2D eigenvalue weighted by atomic mass is 79.9. The van der Waals surface area contributed by atoms with E-state index in [-0.39, 0.29) is 11.6 Å². The number of hydrogen-bond acceptors (Lipinski definition) is 4. The predicted octanol–water partition coefficient (Wildman–Crippen LogP) is 2.42. The Morgan fingerprint density at radius 2 is 2.25 bits per heavy atom. The molecule has 1 saturated heterocycles. The minimum Gasteiger partial charge on any atom is -0.381 e. The Morgan fingerprint density at radius 1 is 1.55 bits per heavy atom. The molecule has 1 aromatic heterocycles. The molecular formula is C14H24BrN3O2. The number of nitrogens with one attached hydrogen (secondary N) is 1. The highest BCUT2D eigenvalue weighted by Crippen LogP contribution is 2.39. The Bertz CT molecular complexity index is 411. The SMILES string of the molecule is CCCNC(c1c(Br)cnn1C)C1(OC)CCOCC1. The second kappa shape index (κ2) is 7.02. The summed E-state index contributed by atoms with van der Waals surface area (Å²) in [5, 5.41) is 7.99. The Labute approximate surface area is 129 Å². The highest BCUT2D eigenvalue weighted by Gasteiger charge is 2.43. The summed E-state index contributed by atoms with van der Waals surface area (Å²) < 4.78 is 14.4. The molecule has 0 amide bonds. The molecule has 0 radical (unpaired) electrons. The monoisotopic (exact) mass is 345 g/mol. The first kappa shape index (κ1) is 15.9. The van der Waals surface area contributed by atoms with Crippen LogP contribution in [0.3, 0.4) is 0 Å². The first-order valence-electron chi connectivity index (χ1n) is 7.18. The van der Waals surface area contributed by atoms with Gasteiger partial charge in [0.2, 0.25) is 0 Å². The zero-order valence-electron chi connectivity index (χ0n) is 12.5. The van der Waals surface area contributed by atoms with Gasteiger partial charge in [0.25, 0.3) is 0 Å². The molecule has 1 N–H and O–H groups in total. The number of ether oxygens (including phenoxy) is 2. The summed E-state index contributed by atoms with van der Waals surface area (Å²) in [4.78, 5) is 0. The van der Waals surface area contributed by atoms with Gasteiger partial charge in [0, 0.05) is 40.2 Å². The van der Waals surface area contributed by atoms with Gasteiger partial charge in [0.05, 0.1) is 28.0 Å². The zero-order chi connectivity index (χ0) is 14.6. The summed E-state index contributed by atoms with van der Waals surface area (Å²) in [5.41, 5.74) is 0.909. The van der Waals surface area contributed by atoms with Gasteiger partial charge in [0.1, 0.15) is 0 Å². The zero-order valence-corrected chi connectivity index (χ0v) is 14.1. The standard InChI is InChI=1S/C14H24BrN3O2/c1-4-7-16-13(12-11(15)10-17-18(12)2)14(19-3)5-8-20-9-6-14/h10,13,16H,4-9H2,1-3H3. The van der Waals surface area contributed by atoms with Gasteiger partial charge >= 0.3 is 0 Å². The summed E-state index contributed by atoms with van der Waals surface area (Å²) in [6.45, 7) is 4.61. The largest absolute Gasteiger partial charge is 0.381 e. The van der Waals surface area contributed by atoms with Gasteiger partial charge in [-0.25, -0.2) is 0 Å². The van der Waals surface area contributed by atoms with Gasteiger partial charge in [-0.15, -0.1) is 0 Å². The van der Waals surface area contributed by atoms with Crippen molar-refractivity contribution in [3.8, 4) is 0 Å². The maximum absolute atomic E-state index is 5.97. The van der Waals surface area contributed by atoms with Gasteiger partial charge < -0.3 is 14.8 Å². The van der Waals surface area contributed by atoms with Crippen LogP contribution in [0.4, 0.5) is 0 Å². The van der Waals surface area contributed by atoms with E-state index in [4.69, 9.17) is 9.47 Å². The van der Waals surface area contributed by atoms with Crippen LogP contribution in [-0.4, -0.2) is 42.2 Å². The molecule has 1 aromatic rings. The summed E-state index contributed by atoms with van der Waals surface area (Å²) >= 11 is 3.62. The Kier molecular flexibility index (Phi) is 5.60. The Balaban J connectivity index is 2.35. The first-order valence-corrected chi connectivity index (χ1v) is 7.97. The first-order chi connectivity index (χ1) is 9.64. The van der Waals surface area contributed by atoms with Crippen LogP contribution >= 0.6 is 15.9 Å². The average Bonchev–Trinajstić information content (AvgIpc) is 2.80. The minimum atomic E-state index is -0.232. The Hall–Kier alpha value is -0.430. The van der Waals surface area contributed by atoms with Crippen molar-refractivity contribution in [3.05, 3.63) is 16.4 Å². The number of halogens is 1. The topological polar surface area (TPSA) is 48.3 Å². The van der Waals surface area contributed by atoms with Crippen LogP contribution in [0.1, 0.15) is 37.9 Å². The van der Waals surface area contributed by atoms with E-state index in [9.17, 15) is 0 Å². The predicted molar refractivity (Wildman–Crippen MR) is 81.7 cm³/mol. The van der Waals surface area contributed by atoms with Gasteiger partial charge in [0.15, 0.2) is 0 Å². The van der Waals surface area contributed by atoms with Crippen molar-refractivity contribution in [2.24, 2.45) is 7.05 Å². The van der Waals surface area contributed by atoms with Crippen LogP contribution in [0.5, 0.6) is 0 Å². The van der Waals surface area contributed by atoms with E-state index in [1.54, 1.807) is 7.11 Å². The molecule has 0 bridgehead atoms. The maximum Gasteiger partial charge on any atom is 0.0931 e. The van der Waals surface area contributed by atoms with E-state index in [1.165, 1.54) is 0 Å². The molecule has 2 heterocycles. The minimum absolute atomic E-state index is 0.109. The number of hydrogen-bond donors (Lipinski definition) is 1. The van der Waals surface area contributed by atoms with Gasteiger partial charge in [-0.1, -0.05) is 6.92 Å². The molecule has 114 valence electrons. The third kappa shape index (κ3) is 3.08. The summed E-state index contributed by atoms with van der Waals surface area (Å²) in [7, 11) is 3.78. The maximum atomic E-state index is 5.97. The van der Waals surface area contributed by atoms with Crippen molar-refractivity contribution in [1.29, 1.82) is 0 Å². The lowest BCUT2D eigenvalue weighted by atomic mass is 9.84. The molecule has 0 saturated carbocycles. The number of rotatable bonds is 6. The lowest BCUT2D eigenvalue weighted by molar-refractivity contribution is -0.113. The molecule has 2 rings (SSSR count). The van der Waals surface area contributed by atoms with Crippen LogP contribution in [0, 0.1) is 0 Å². The third-order valence-electron chi connectivity index (χ3n) is 4.08. The fourth-order valence-corrected chi connectivity index (χ4v) is 3.47. The molecular weight excluding hydrogens is 322 g/mol. The van der Waals surface area contributed by atoms with Crippen LogP contribution in [0.25, 0.3) is 0 Å². The molecule has 0 spiro atoms. The molecule has 20 heavy (non-hydrogen) atoms. The van der Waals surface area contributed by atoms with Crippen LogP contribution in [-0.2, 0) is 16.5 Å². The molecule has 0 aliphatic carbocycles. The molecule has 1 aliphatic heterocycles. The van der Waals surface area contributed by atoms with Crippen LogP contribution in [0.15, 0.2) is 10.7 Å². The van der Waals surface area contributed by atoms with Crippen molar-refractivity contribution in [3.63, 3.8) is 0 Å². The summed E-state index contributed by atoms with van der Waals surface area (Å²) in [6, 6.07) is 0.109. The summed E-state index contributed by atoms with van der Waals surface area (Å²) in [6.07, 6.45) is 4.71.